The van der Waals surface area contributed by atoms with E-state index in [0.717, 1.165) is 17.8 Å². The highest BCUT2D eigenvalue weighted by atomic mass is 16.3. The van der Waals surface area contributed by atoms with Crippen LogP contribution in [-0.4, -0.2) is 165 Å². The number of aliphatic hydroxyl groups excluding tert-OH is 4. The third-order valence-electron chi connectivity index (χ3n) is 11.5. The number of para-hydroxylation sites is 1. The number of carbonyl (C=O) groups is 10. The molecule has 72 heavy (non-hydrogen) atoms. The molecule has 3 aromatic rings. The average molecular weight is 1010 g/mol. The number of aromatic amines is 1. The number of aliphatic hydroxyl groups is 4. The molecule has 4 rings (SSSR count). The Kier molecular flexibility index (Phi) is 21.6. The van der Waals surface area contributed by atoms with Crippen LogP contribution in [0.3, 0.4) is 0 Å². The molecule has 10 atom stereocenters. The molecule has 1 aromatic heterocycles. The van der Waals surface area contributed by atoms with Gasteiger partial charge in [-0.1, -0.05) is 62.4 Å². The number of carbonyl (C=O) groups excluding carboxylic acids is 10. The zero-order valence-corrected chi connectivity index (χ0v) is 40.2. The summed E-state index contributed by atoms with van der Waals surface area (Å²) in [6, 6.07) is 3.13. The van der Waals surface area contributed by atoms with E-state index in [2.05, 4.69) is 52.8 Å². The van der Waals surface area contributed by atoms with Crippen LogP contribution in [0.15, 0.2) is 60.8 Å². The van der Waals surface area contributed by atoms with E-state index in [1.54, 1.807) is 74.6 Å². The Hall–Kier alpha value is -7.48. The SMILES string of the molecule is CC(C)CC(NC(=O)C1CCC(=O)N1)C(=O)NC(C(=O)NC(Cc1ccccc1)C(=O)NC(C(=O)NC(CO)C(=O)NC(CO)C(=O)NC(Cc1c[nH]c2ccccc12)C(=O)NCC(N)=O)C(C)O)C(C)O. The largest absolute Gasteiger partial charge is 0.394 e. The molecule has 0 spiro atoms. The van der Waals surface area contributed by atoms with Crippen molar-refractivity contribution in [3.8, 4) is 0 Å². The van der Waals surface area contributed by atoms with Crippen molar-refractivity contribution in [2.75, 3.05) is 19.8 Å². The van der Waals surface area contributed by atoms with Crippen molar-refractivity contribution in [3.05, 3.63) is 71.9 Å². The van der Waals surface area contributed by atoms with Gasteiger partial charge in [0.1, 0.15) is 48.3 Å². The minimum atomic E-state index is -1.87. The summed E-state index contributed by atoms with van der Waals surface area (Å²) in [5.74, 6) is -9.26. The second-order valence-electron chi connectivity index (χ2n) is 17.9. The van der Waals surface area contributed by atoms with Crippen LogP contribution in [0.25, 0.3) is 10.9 Å². The second-order valence-corrected chi connectivity index (χ2v) is 17.9. The van der Waals surface area contributed by atoms with Gasteiger partial charge >= 0.3 is 0 Å². The fourth-order valence-electron chi connectivity index (χ4n) is 7.65. The van der Waals surface area contributed by atoms with Gasteiger partial charge in [-0.15, -0.1) is 0 Å². The molecular weight excluding hydrogens is 943 g/mol. The lowest BCUT2D eigenvalue weighted by Crippen LogP contribution is -2.63. The minimum Gasteiger partial charge on any atom is -0.394 e. The minimum absolute atomic E-state index is 0.110. The van der Waals surface area contributed by atoms with Crippen molar-refractivity contribution in [2.45, 2.75) is 120 Å². The molecule has 10 unspecified atom stereocenters. The third-order valence-corrected chi connectivity index (χ3v) is 11.5. The molecule has 1 aliphatic heterocycles. The maximum Gasteiger partial charge on any atom is 0.245 e. The average Bonchev–Trinajstić information content (AvgIpc) is 3.97. The van der Waals surface area contributed by atoms with Gasteiger partial charge in [0, 0.05) is 36.4 Å². The number of benzene rings is 2. The first-order chi connectivity index (χ1) is 34.1. The number of nitrogens with two attached hydrogens (primary N) is 1. The smallest absolute Gasteiger partial charge is 0.245 e. The number of hydrogen-bond acceptors (Lipinski definition) is 14. The van der Waals surface area contributed by atoms with E-state index in [-0.39, 0.29) is 43.9 Å². The number of fused-ring (bicyclic) bond motifs is 1. The quantitative estimate of drug-likeness (QED) is 0.0340. The molecule has 0 aliphatic carbocycles. The Balaban J connectivity index is 1.47. The Morgan fingerprint density at radius 2 is 1.12 bits per heavy atom. The van der Waals surface area contributed by atoms with Crippen molar-refractivity contribution in [2.24, 2.45) is 11.7 Å². The third kappa shape index (κ3) is 16.8. The molecule has 2 heterocycles. The fourth-order valence-corrected chi connectivity index (χ4v) is 7.65. The van der Waals surface area contributed by atoms with Crippen molar-refractivity contribution >= 4 is 70.0 Å². The van der Waals surface area contributed by atoms with Gasteiger partial charge in [-0.3, -0.25) is 47.9 Å². The van der Waals surface area contributed by atoms with Crippen LogP contribution in [0.2, 0.25) is 0 Å². The lowest BCUT2D eigenvalue weighted by molar-refractivity contribution is -0.138. The summed E-state index contributed by atoms with van der Waals surface area (Å²) in [6.07, 6.45) is -1.54. The first-order valence-corrected chi connectivity index (χ1v) is 23.3. The molecule has 0 saturated carbocycles. The lowest BCUT2D eigenvalue weighted by Gasteiger charge is -2.29. The summed E-state index contributed by atoms with van der Waals surface area (Å²) in [5.41, 5.74) is 7.00. The van der Waals surface area contributed by atoms with Gasteiger partial charge in [-0.05, 0) is 49.8 Å². The second kappa shape index (κ2) is 27.2. The topological polar surface area (TPSA) is 402 Å². The normalized spacial score (nSPS) is 17.0. The molecule has 10 amide bonds. The predicted molar refractivity (Wildman–Crippen MR) is 256 cm³/mol. The number of aromatic nitrogens is 1. The molecule has 1 aliphatic rings. The molecule has 25 heteroatoms. The number of hydrogen-bond donors (Lipinski definition) is 15. The predicted octanol–water partition coefficient (Wildman–Crippen LogP) is -4.98. The first kappa shape index (κ1) is 57.1. The molecule has 392 valence electrons. The number of H-pyrrole nitrogens is 1. The van der Waals surface area contributed by atoms with Crippen LogP contribution in [0.4, 0.5) is 0 Å². The van der Waals surface area contributed by atoms with Gasteiger partial charge in [0.25, 0.3) is 0 Å². The van der Waals surface area contributed by atoms with Gasteiger partial charge in [0.2, 0.25) is 59.1 Å². The van der Waals surface area contributed by atoms with Gasteiger partial charge in [0.15, 0.2) is 0 Å². The maximum atomic E-state index is 14.0. The van der Waals surface area contributed by atoms with E-state index in [1.807, 2.05) is 0 Å². The molecule has 0 radical (unpaired) electrons. The van der Waals surface area contributed by atoms with Crippen molar-refractivity contribution in [1.29, 1.82) is 0 Å². The van der Waals surface area contributed by atoms with E-state index in [4.69, 9.17) is 5.73 Å². The molecular formula is C47H65N11O14. The van der Waals surface area contributed by atoms with E-state index in [1.165, 1.54) is 6.92 Å². The van der Waals surface area contributed by atoms with E-state index in [0.29, 0.717) is 11.1 Å². The highest BCUT2D eigenvalue weighted by molar-refractivity contribution is 5.99. The standard InChI is InChI=1S/C47H65N11O14/c1-23(2)16-31(52-41(66)30-14-15-37(64)51-30)42(67)57-38(24(3)61)46(71)54-32(17-26-10-6-5-7-11-26)43(68)58-39(25(4)62)47(72)56-35(22-60)45(70)55-34(21-59)44(69)53-33(40(65)50-20-36(48)63)18-27-19-49-29-13-9-8-12-28(27)29/h5-13,19,23-25,30-35,38-39,49,59-62H,14-18,20-22H2,1-4H3,(H2,48,63)(H,50,65)(H,51,64)(H,52,66)(H,53,69)(H,54,71)(H,55,70)(H,56,72)(H,57,67)(H,58,68). The van der Waals surface area contributed by atoms with E-state index in [9.17, 15) is 68.4 Å². The van der Waals surface area contributed by atoms with Gasteiger partial charge in [-0.2, -0.15) is 0 Å². The summed E-state index contributed by atoms with van der Waals surface area (Å²) < 4.78 is 0. The van der Waals surface area contributed by atoms with Gasteiger partial charge in [0.05, 0.1) is 32.0 Å². The van der Waals surface area contributed by atoms with E-state index >= 15 is 0 Å². The number of primary amides is 1. The summed E-state index contributed by atoms with van der Waals surface area (Å²) in [4.78, 5) is 134. The van der Waals surface area contributed by atoms with E-state index < -0.39 is 133 Å². The monoisotopic (exact) mass is 1010 g/mol. The molecule has 2 aromatic carbocycles. The highest BCUT2D eigenvalue weighted by Gasteiger charge is 2.37. The molecule has 1 fully saturated rings. The Morgan fingerprint density at radius 1 is 0.625 bits per heavy atom. The van der Waals surface area contributed by atoms with Crippen LogP contribution in [0.1, 0.15) is 58.1 Å². The highest BCUT2D eigenvalue weighted by Crippen LogP contribution is 2.19. The van der Waals surface area contributed by atoms with Gasteiger partial charge in [-0.25, -0.2) is 0 Å². The summed E-state index contributed by atoms with van der Waals surface area (Å²) in [5, 5.41) is 64.0. The van der Waals surface area contributed by atoms with Crippen LogP contribution in [0, 0.1) is 5.92 Å². The maximum absolute atomic E-state index is 14.0. The number of nitrogens with one attached hydrogen (secondary N) is 10. The Morgan fingerprint density at radius 3 is 1.65 bits per heavy atom. The number of amides is 10. The van der Waals surface area contributed by atoms with Crippen LogP contribution in [0.5, 0.6) is 0 Å². The molecule has 1 saturated heterocycles. The van der Waals surface area contributed by atoms with Crippen LogP contribution >= 0.6 is 0 Å². The Bertz CT molecular complexity index is 2410. The van der Waals surface area contributed by atoms with Crippen LogP contribution in [-0.2, 0) is 60.8 Å². The Labute approximate surface area is 413 Å². The summed E-state index contributed by atoms with van der Waals surface area (Å²) in [7, 11) is 0. The summed E-state index contributed by atoms with van der Waals surface area (Å²) in [6.45, 7) is 3.19. The molecule has 0 bridgehead atoms. The first-order valence-electron chi connectivity index (χ1n) is 23.3. The number of rotatable bonds is 27. The van der Waals surface area contributed by atoms with Crippen LogP contribution < -0.4 is 53.6 Å². The van der Waals surface area contributed by atoms with Gasteiger partial charge < -0.3 is 79.0 Å². The van der Waals surface area contributed by atoms with Crippen molar-refractivity contribution in [1.82, 2.24) is 52.8 Å². The molecule has 25 nitrogen and oxygen atoms in total. The zero-order chi connectivity index (χ0) is 53.2. The van der Waals surface area contributed by atoms with Crippen molar-refractivity contribution < 1.29 is 68.4 Å². The summed E-state index contributed by atoms with van der Waals surface area (Å²) >= 11 is 0. The van der Waals surface area contributed by atoms with Crippen molar-refractivity contribution in [3.63, 3.8) is 0 Å². The lowest BCUT2D eigenvalue weighted by atomic mass is 10.0. The zero-order valence-electron chi connectivity index (χ0n) is 40.2. The molecule has 16 N–H and O–H groups in total. The fraction of sp³-hybridized carbons (Fsp3) is 0.489.